The first-order chi connectivity index (χ1) is 13.1. The summed E-state index contributed by atoms with van der Waals surface area (Å²) in [5.41, 5.74) is 2.55. The van der Waals surface area contributed by atoms with E-state index in [2.05, 4.69) is 15.3 Å². The van der Waals surface area contributed by atoms with Gasteiger partial charge in [0.15, 0.2) is 0 Å². The molecule has 27 heavy (non-hydrogen) atoms. The lowest BCUT2D eigenvalue weighted by Gasteiger charge is -2.09. The van der Waals surface area contributed by atoms with Gasteiger partial charge < -0.3 is 14.8 Å². The van der Waals surface area contributed by atoms with Gasteiger partial charge in [-0.2, -0.15) is 0 Å². The number of aryl methyl sites for hydroxylation is 2. The number of thiazole rings is 1. The molecule has 3 rings (SSSR count). The van der Waals surface area contributed by atoms with Crippen LogP contribution >= 0.6 is 11.3 Å². The van der Waals surface area contributed by atoms with E-state index >= 15 is 0 Å². The molecule has 140 valence electrons. The highest BCUT2D eigenvalue weighted by molar-refractivity contribution is 7.13. The number of nitrogens with zero attached hydrogens (tertiary/aromatic N) is 2. The number of ether oxygens (including phenoxy) is 2. The van der Waals surface area contributed by atoms with Crippen molar-refractivity contribution in [2.75, 3.05) is 7.11 Å². The molecule has 0 aliphatic rings. The van der Waals surface area contributed by atoms with Gasteiger partial charge in [0.1, 0.15) is 28.0 Å². The molecule has 0 aliphatic carbocycles. The maximum Gasteiger partial charge on any atom is 0.263 e. The molecule has 0 unspecified atom stereocenters. The van der Waals surface area contributed by atoms with Crippen LogP contribution in [0.1, 0.15) is 31.6 Å². The van der Waals surface area contributed by atoms with Gasteiger partial charge in [-0.05, 0) is 32.0 Å². The van der Waals surface area contributed by atoms with Gasteiger partial charge in [0.25, 0.3) is 5.91 Å². The van der Waals surface area contributed by atoms with E-state index in [-0.39, 0.29) is 5.91 Å². The van der Waals surface area contributed by atoms with Gasteiger partial charge in [-0.1, -0.05) is 18.2 Å². The number of para-hydroxylation sites is 1. The highest BCUT2D eigenvalue weighted by Gasteiger charge is 2.16. The Hall–Kier alpha value is -2.93. The first-order valence-electron chi connectivity index (χ1n) is 8.48. The summed E-state index contributed by atoms with van der Waals surface area (Å²) in [6, 6.07) is 11.4. The van der Waals surface area contributed by atoms with Gasteiger partial charge in [0.05, 0.1) is 19.0 Å². The van der Waals surface area contributed by atoms with Crippen molar-refractivity contribution < 1.29 is 14.3 Å². The van der Waals surface area contributed by atoms with Gasteiger partial charge in [-0.25, -0.2) is 4.98 Å². The van der Waals surface area contributed by atoms with Crippen LogP contribution < -0.4 is 14.8 Å². The molecule has 1 aromatic carbocycles. The van der Waals surface area contributed by atoms with E-state index in [1.54, 1.807) is 13.3 Å². The molecule has 0 saturated carbocycles. The molecule has 0 bridgehead atoms. The predicted octanol–water partition coefficient (Wildman–Crippen LogP) is 3.67. The predicted molar refractivity (Wildman–Crippen MR) is 104 cm³/mol. The minimum absolute atomic E-state index is 0.154. The molecule has 0 saturated heterocycles. The van der Waals surface area contributed by atoms with Crippen LogP contribution in [0.2, 0.25) is 0 Å². The molecule has 2 heterocycles. The Kier molecular flexibility index (Phi) is 6.03. The van der Waals surface area contributed by atoms with E-state index in [1.807, 2.05) is 50.2 Å². The monoisotopic (exact) mass is 383 g/mol. The summed E-state index contributed by atoms with van der Waals surface area (Å²) in [4.78, 5) is 21.8. The Bertz CT molecular complexity index is 922. The van der Waals surface area contributed by atoms with Crippen molar-refractivity contribution in [3.8, 4) is 11.5 Å². The minimum atomic E-state index is -0.154. The summed E-state index contributed by atoms with van der Waals surface area (Å²) >= 11 is 1.34. The fourth-order valence-electron chi connectivity index (χ4n) is 2.51. The minimum Gasteiger partial charge on any atom is -0.496 e. The lowest BCUT2D eigenvalue weighted by atomic mass is 10.2. The summed E-state index contributed by atoms with van der Waals surface area (Å²) in [6.07, 6.45) is 1.68. The third kappa shape index (κ3) is 4.83. The Morgan fingerprint density at radius 2 is 2.00 bits per heavy atom. The highest BCUT2D eigenvalue weighted by atomic mass is 32.1. The molecule has 7 heteroatoms. The van der Waals surface area contributed by atoms with Gasteiger partial charge in [0.2, 0.25) is 0 Å². The van der Waals surface area contributed by atoms with E-state index in [0.29, 0.717) is 29.5 Å². The van der Waals surface area contributed by atoms with Crippen LogP contribution in [0.3, 0.4) is 0 Å². The average molecular weight is 383 g/mol. The van der Waals surface area contributed by atoms with Gasteiger partial charge in [-0.3, -0.25) is 9.78 Å². The largest absolute Gasteiger partial charge is 0.496 e. The van der Waals surface area contributed by atoms with Crippen molar-refractivity contribution >= 4 is 17.2 Å². The number of carbonyl (C=O) groups is 1. The zero-order chi connectivity index (χ0) is 19.2. The van der Waals surface area contributed by atoms with Crippen molar-refractivity contribution in [3.05, 3.63) is 69.4 Å². The second kappa shape index (κ2) is 8.64. The van der Waals surface area contributed by atoms with E-state index in [0.717, 1.165) is 22.0 Å². The van der Waals surface area contributed by atoms with E-state index in [4.69, 9.17) is 9.47 Å². The quantitative estimate of drug-likeness (QED) is 0.674. The van der Waals surface area contributed by atoms with Crippen LogP contribution in [-0.4, -0.2) is 23.0 Å². The second-order valence-electron chi connectivity index (χ2n) is 5.94. The maximum absolute atomic E-state index is 12.5. The summed E-state index contributed by atoms with van der Waals surface area (Å²) in [7, 11) is 1.61. The smallest absolute Gasteiger partial charge is 0.263 e. The average Bonchev–Trinajstić information content (AvgIpc) is 3.06. The molecule has 1 amide bonds. The molecule has 6 nitrogen and oxygen atoms in total. The number of amides is 1. The van der Waals surface area contributed by atoms with Crippen LogP contribution in [-0.2, 0) is 13.2 Å². The molecular formula is C20H21N3O3S. The highest BCUT2D eigenvalue weighted by Crippen LogP contribution is 2.21. The van der Waals surface area contributed by atoms with E-state index in [9.17, 15) is 4.79 Å². The first-order valence-corrected chi connectivity index (χ1v) is 9.30. The second-order valence-corrected chi connectivity index (χ2v) is 7.02. The zero-order valence-electron chi connectivity index (χ0n) is 15.5. The SMILES string of the molecule is COc1ccccc1CNC(=O)c1sc(COc2ccc(C)nc2)nc1C. The fraction of sp³-hybridized carbons (Fsp3) is 0.250. The molecule has 1 N–H and O–H groups in total. The number of pyridine rings is 1. The molecular weight excluding hydrogens is 362 g/mol. The summed E-state index contributed by atoms with van der Waals surface area (Å²) < 4.78 is 11.0. The number of aromatic nitrogens is 2. The van der Waals surface area contributed by atoms with Crippen LogP contribution in [0.25, 0.3) is 0 Å². The van der Waals surface area contributed by atoms with E-state index < -0.39 is 0 Å². The number of hydrogen-bond donors (Lipinski definition) is 1. The van der Waals surface area contributed by atoms with Crippen molar-refractivity contribution in [2.24, 2.45) is 0 Å². The number of methoxy groups -OCH3 is 1. The lowest BCUT2D eigenvalue weighted by Crippen LogP contribution is -2.22. The third-order valence-corrected chi connectivity index (χ3v) is 5.06. The summed E-state index contributed by atoms with van der Waals surface area (Å²) in [5, 5.41) is 3.67. The maximum atomic E-state index is 12.5. The normalized spacial score (nSPS) is 10.5. The Labute approximate surface area is 162 Å². The van der Waals surface area contributed by atoms with Crippen LogP contribution in [0.4, 0.5) is 0 Å². The zero-order valence-corrected chi connectivity index (χ0v) is 16.3. The number of benzene rings is 1. The molecule has 0 atom stereocenters. The Morgan fingerprint density at radius 1 is 1.19 bits per heavy atom. The Balaban J connectivity index is 1.61. The van der Waals surface area contributed by atoms with Gasteiger partial charge >= 0.3 is 0 Å². The van der Waals surface area contributed by atoms with Crippen molar-refractivity contribution in [3.63, 3.8) is 0 Å². The number of rotatable bonds is 7. The molecule has 3 aromatic rings. The van der Waals surface area contributed by atoms with Gasteiger partial charge in [0, 0.05) is 17.8 Å². The first kappa shape index (κ1) is 18.8. The van der Waals surface area contributed by atoms with E-state index in [1.165, 1.54) is 11.3 Å². The Morgan fingerprint density at radius 3 is 2.74 bits per heavy atom. The number of nitrogens with one attached hydrogen (secondary N) is 1. The lowest BCUT2D eigenvalue weighted by molar-refractivity contribution is 0.0954. The fourth-order valence-corrected chi connectivity index (χ4v) is 3.41. The molecule has 0 spiro atoms. The number of hydrogen-bond acceptors (Lipinski definition) is 6. The van der Waals surface area contributed by atoms with Crippen LogP contribution in [0, 0.1) is 13.8 Å². The van der Waals surface area contributed by atoms with Crippen LogP contribution in [0.5, 0.6) is 11.5 Å². The van der Waals surface area contributed by atoms with Gasteiger partial charge in [-0.15, -0.1) is 11.3 Å². The summed E-state index contributed by atoms with van der Waals surface area (Å²) in [6.45, 7) is 4.44. The summed E-state index contributed by atoms with van der Waals surface area (Å²) in [5.74, 6) is 1.27. The van der Waals surface area contributed by atoms with Crippen LogP contribution in [0.15, 0.2) is 42.6 Å². The molecule has 0 fully saturated rings. The van der Waals surface area contributed by atoms with Crippen molar-refractivity contribution in [2.45, 2.75) is 27.0 Å². The topological polar surface area (TPSA) is 73.3 Å². The number of carbonyl (C=O) groups excluding carboxylic acids is 1. The van der Waals surface area contributed by atoms with Crippen molar-refractivity contribution in [1.29, 1.82) is 0 Å². The third-order valence-electron chi connectivity index (χ3n) is 3.93. The van der Waals surface area contributed by atoms with Crippen molar-refractivity contribution in [1.82, 2.24) is 15.3 Å². The molecule has 0 aliphatic heterocycles. The molecule has 0 radical (unpaired) electrons. The molecule has 2 aromatic heterocycles. The standard InChI is InChI=1S/C20H21N3O3S/c1-13-8-9-16(11-21-13)26-12-18-23-14(2)19(27-18)20(24)22-10-15-6-4-5-7-17(15)25-3/h4-9,11H,10,12H2,1-3H3,(H,22,24).